The van der Waals surface area contributed by atoms with Crippen molar-refractivity contribution in [2.45, 2.75) is 116 Å². The first kappa shape index (κ1) is 34.5. The number of nitrogens with zero attached hydrogens (tertiary/aromatic N) is 2. The van der Waals surface area contributed by atoms with E-state index in [0.29, 0.717) is 35.9 Å². The molecule has 1 aliphatic carbocycles. The number of oxime groups is 1. The fourth-order valence-electron chi connectivity index (χ4n) is 6.67. The van der Waals surface area contributed by atoms with E-state index in [-0.39, 0.29) is 25.3 Å². The molecule has 2 fully saturated rings. The summed E-state index contributed by atoms with van der Waals surface area (Å²) in [5.41, 5.74) is -0.225. The van der Waals surface area contributed by atoms with Gasteiger partial charge >= 0.3 is 0 Å². The van der Waals surface area contributed by atoms with Crippen LogP contribution >= 0.6 is 11.6 Å². The molecule has 3 amide bonds. The number of rotatable bonds is 11. The molecule has 3 N–H and O–H groups in total. The molecule has 1 saturated carbocycles. The monoisotopic (exact) mass is 642 g/mol. The number of halogens is 1. The highest BCUT2D eigenvalue weighted by atomic mass is 35.5. The van der Waals surface area contributed by atoms with Gasteiger partial charge in [-0.05, 0) is 42.7 Å². The Labute approximate surface area is 271 Å². The highest BCUT2D eigenvalue weighted by Gasteiger charge is 2.55. The van der Waals surface area contributed by atoms with Crippen LogP contribution in [-0.2, 0) is 24.0 Å². The van der Waals surface area contributed by atoms with Gasteiger partial charge in [0, 0.05) is 29.8 Å². The highest BCUT2D eigenvalue weighted by Crippen LogP contribution is 2.40. The molecule has 0 aromatic heterocycles. The molecular weight excluding hydrogens is 596 g/mol. The number of Topliss-reactive ketones (excluding diaryl/α,β-unsaturated/α-hetero) is 1. The van der Waals surface area contributed by atoms with E-state index in [2.05, 4.69) is 22.4 Å². The van der Waals surface area contributed by atoms with Crippen molar-refractivity contribution in [3.05, 3.63) is 47.2 Å². The maximum Gasteiger partial charge on any atom is 0.246 e. The van der Waals surface area contributed by atoms with Crippen LogP contribution in [0, 0.1) is 11.3 Å². The first-order chi connectivity index (χ1) is 21.2. The van der Waals surface area contributed by atoms with Gasteiger partial charge in [-0.2, -0.15) is 0 Å². The predicted molar refractivity (Wildman–Crippen MR) is 173 cm³/mol. The first-order valence-electron chi connectivity index (χ1n) is 16.1. The lowest BCUT2D eigenvalue weighted by Crippen LogP contribution is -2.58. The summed E-state index contributed by atoms with van der Waals surface area (Å²) in [4.78, 5) is 61.7. The maximum atomic E-state index is 14.4. The third-order valence-corrected chi connectivity index (χ3v) is 9.33. The maximum absolute atomic E-state index is 14.4. The van der Waals surface area contributed by atoms with Gasteiger partial charge in [0.1, 0.15) is 12.1 Å². The second-order valence-electron chi connectivity index (χ2n) is 13.9. The largest absolute Gasteiger partial charge is 0.505 e. The molecule has 1 saturated heterocycles. The number of hydrogen-bond acceptors (Lipinski definition) is 7. The van der Waals surface area contributed by atoms with Gasteiger partial charge < -0.3 is 25.5 Å². The summed E-state index contributed by atoms with van der Waals surface area (Å²) in [7, 11) is 0. The Kier molecular flexibility index (Phi) is 11.0. The predicted octanol–water partition coefficient (Wildman–Crippen LogP) is 5.23. The van der Waals surface area contributed by atoms with E-state index < -0.39 is 52.5 Å². The summed E-state index contributed by atoms with van der Waals surface area (Å²) in [6.45, 7) is 10.9. The Hall–Kier alpha value is -3.40. The van der Waals surface area contributed by atoms with Crippen LogP contribution in [0.15, 0.2) is 41.8 Å². The van der Waals surface area contributed by atoms with Crippen molar-refractivity contribution in [1.29, 1.82) is 0 Å². The fraction of sp³-hybridized carbons (Fsp3) is 0.618. The number of hydrogen-bond donors (Lipinski definition) is 3. The summed E-state index contributed by atoms with van der Waals surface area (Å²) < 4.78 is 0. The molecule has 1 spiro atoms. The number of nitrogens with one attached hydrogen (secondary N) is 2. The minimum Gasteiger partial charge on any atom is -0.505 e. The Bertz CT molecular complexity index is 1330. The van der Waals surface area contributed by atoms with Crippen molar-refractivity contribution in [3.63, 3.8) is 0 Å². The molecular formula is C34H47ClN4O6. The molecule has 246 valence electrons. The molecule has 2 aliphatic heterocycles. The molecule has 1 aromatic carbocycles. The third-order valence-electron chi connectivity index (χ3n) is 9.09. The standard InChI is InChI=1S/C34H47ClN4O6/c1-6-11-25(29(42)21(2)40)36-31(43)27-19-34(18-26(38-45-34)23-14-10-15-24(35)17-23)20-39(27)32(44)30(33(3,4)5)37-28(41)16-22-12-8-7-9-13-22/h10,14-15,17,22,25,27,30,40H,2,6-9,11-13,16,18-20H2,1,3-5H3,(H,36,43)(H,37,41)/t25-,27-,30?,34+/m0/s1. The topological polar surface area (TPSA) is 137 Å². The lowest BCUT2D eigenvalue weighted by Gasteiger charge is -2.36. The molecule has 0 radical (unpaired) electrons. The van der Waals surface area contributed by atoms with Gasteiger partial charge in [0.2, 0.25) is 23.5 Å². The van der Waals surface area contributed by atoms with Crippen LogP contribution in [0.2, 0.25) is 5.02 Å². The quantitative estimate of drug-likeness (QED) is 0.223. The van der Waals surface area contributed by atoms with Crippen molar-refractivity contribution in [3.8, 4) is 0 Å². The minimum atomic E-state index is -1.01. The van der Waals surface area contributed by atoms with Crippen LogP contribution in [0.5, 0.6) is 0 Å². The zero-order valence-corrected chi connectivity index (χ0v) is 27.6. The molecule has 4 rings (SSSR count). The molecule has 1 aromatic rings. The number of benzene rings is 1. The van der Waals surface area contributed by atoms with Crippen LogP contribution in [-0.4, -0.2) is 69.5 Å². The summed E-state index contributed by atoms with van der Waals surface area (Å²) in [6.07, 6.45) is 7.08. The van der Waals surface area contributed by atoms with Gasteiger partial charge in [-0.3, -0.25) is 19.2 Å². The number of aliphatic hydroxyl groups excluding tert-OH is 1. The van der Waals surface area contributed by atoms with E-state index >= 15 is 0 Å². The Morgan fingerprint density at radius 1 is 1.18 bits per heavy atom. The Balaban J connectivity index is 1.60. The zero-order chi connectivity index (χ0) is 32.9. The lowest BCUT2D eigenvalue weighted by atomic mass is 9.84. The van der Waals surface area contributed by atoms with E-state index in [1.807, 2.05) is 39.8 Å². The first-order valence-corrected chi connectivity index (χ1v) is 16.4. The van der Waals surface area contributed by atoms with Crippen molar-refractivity contribution < 1.29 is 29.1 Å². The zero-order valence-electron chi connectivity index (χ0n) is 26.9. The molecule has 11 heteroatoms. The average molecular weight is 643 g/mol. The Morgan fingerprint density at radius 2 is 1.89 bits per heavy atom. The number of carbonyl (C=O) groups is 4. The van der Waals surface area contributed by atoms with E-state index in [0.717, 1.165) is 31.2 Å². The van der Waals surface area contributed by atoms with Crippen LogP contribution < -0.4 is 10.6 Å². The van der Waals surface area contributed by atoms with Crippen LogP contribution in [0.3, 0.4) is 0 Å². The van der Waals surface area contributed by atoms with Crippen molar-refractivity contribution in [1.82, 2.24) is 15.5 Å². The molecule has 4 atom stereocenters. The second kappa shape index (κ2) is 14.4. The fourth-order valence-corrected chi connectivity index (χ4v) is 6.86. The Morgan fingerprint density at radius 3 is 2.51 bits per heavy atom. The van der Waals surface area contributed by atoms with Crippen LogP contribution in [0.25, 0.3) is 0 Å². The van der Waals surface area contributed by atoms with Crippen LogP contribution in [0.1, 0.15) is 97.5 Å². The molecule has 1 unspecified atom stereocenters. The molecule has 3 aliphatic rings. The van der Waals surface area contributed by atoms with Gasteiger partial charge in [-0.15, -0.1) is 0 Å². The normalized spacial score (nSPS) is 23.2. The molecule has 45 heavy (non-hydrogen) atoms. The summed E-state index contributed by atoms with van der Waals surface area (Å²) in [6, 6.07) is 4.32. The summed E-state index contributed by atoms with van der Waals surface area (Å²) >= 11 is 6.22. The highest BCUT2D eigenvalue weighted by molar-refractivity contribution is 6.31. The van der Waals surface area contributed by atoms with Gasteiger partial charge in [0.15, 0.2) is 11.4 Å². The number of carbonyl (C=O) groups excluding carboxylic acids is 4. The second-order valence-corrected chi connectivity index (χ2v) is 14.4. The third kappa shape index (κ3) is 8.45. The van der Waals surface area contributed by atoms with Gasteiger partial charge in [-0.1, -0.05) is 88.8 Å². The van der Waals surface area contributed by atoms with Gasteiger partial charge in [0.25, 0.3) is 0 Å². The van der Waals surface area contributed by atoms with E-state index in [4.69, 9.17) is 16.4 Å². The van der Waals surface area contributed by atoms with E-state index in [1.54, 1.807) is 12.1 Å². The smallest absolute Gasteiger partial charge is 0.246 e. The number of amides is 3. The van der Waals surface area contributed by atoms with Crippen molar-refractivity contribution in [2.75, 3.05) is 6.54 Å². The number of likely N-dealkylation sites (tertiary alicyclic amines) is 1. The number of ketones is 1. The SMILES string of the molecule is C=C(O)C(=O)[C@H](CCC)NC(=O)[C@@H]1C[C@]2(CC(c3cccc(Cl)c3)=NO2)CN1C(=O)C(NC(=O)CC1CCCCC1)C(C)(C)C. The summed E-state index contributed by atoms with van der Waals surface area (Å²) in [5.74, 6) is -2.15. The molecule has 2 heterocycles. The molecule has 10 nitrogen and oxygen atoms in total. The van der Waals surface area contributed by atoms with Gasteiger partial charge in [-0.25, -0.2) is 0 Å². The average Bonchev–Trinajstić information content (AvgIpc) is 3.58. The van der Waals surface area contributed by atoms with Crippen molar-refractivity contribution >= 4 is 40.8 Å². The summed E-state index contributed by atoms with van der Waals surface area (Å²) in [5, 5.41) is 20.4. The van der Waals surface area contributed by atoms with Gasteiger partial charge in [0.05, 0.1) is 18.3 Å². The van der Waals surface area contributed by atoms with E-state index in [9.17, 15) is 24.3 Å². The number of aliphatic hydroxyl groups is 1. The van der Waals surface area contributed by atoms with Crippen molar-refractivity contribution in [2.24, 2.45) is 16.5 Å². The minimum absolute atomic E-state index is 0.0572. The lowest BCUT2D eigenvalue weighted by molar-refractivity contribution is -0.144. The van der Waals surface area contributed by atoms with E-state index in [1.165, 1.54) is 11.3 Å². The van der Waals surface area contributed by atoms with Crippen LogP contribution in [0.4, 0.5) is 0 Å². The molecule has 0 bridgehead atoms.